The molecule has 4 nitrogen and oxygen atoms in total. The topological polar surface area (TPSA) is 38.8 Å². The van der Waals surface area contributed by atoms with Gasteiger partial charge in [0.15, 0.2) is 0 Å². The van der Waals surface area contributed by atoms with Crippen LogP contribution in [0.5, 0.6) is 0 Å². The second kappa shape index (κ2) is 7.23. The van der Waals surface area contributed by atoms with Gasteiger partial charge in [0.1, 0.15) is 5.60 Å². The summed E-state index contributed by atoms with van der Waals surface area (Å²) in [5.41, 5.74) is -0.567. The normalized spacial score (nSPS) is 23.2. The summed E-state index contributed by atoms with van der Waals surface area (Å²) in [5.74, 6) is 0.528. The number of carbonyl (C=O) groups excluding carboxylic acids is 1. The van der Waals surface area contributed by atoms with Crippen LogP contribution < -0.4 is 0 Å². The summed E-state index contributed by atoms with van der Waals surface area (Å²) in [5, 5.41) is 0. The van der Waals surface area contributed by atoms with Gasteiger partial charge in [0, 0.05) is 18.3 Å². The molecule has 1 heterocycles. The minimum absolute atomic E-state index is 0.128. The smallest absolute Gasteiger partial charge is 0.410 e. The predicted molar refractivity (Wildman–Crippen MR) is 88.4 cm³/mol. The lowest BCUT2D eigenvalue weighted by Gasteiger charge is -2.33. The molecule has 124 valence electrons. The summed E-state index contributed by atoms with van der Waals surface area (Å²) in [7, 11) is 0. The van der Waals surface area contributed by atoms with Gasteiger partial charge in [-0.3, -0.25) is 0 Å². The highest BCUT2D eigenvalue weighted by Gasteiger charge is 2.42. The molecule has 0 saturated carbocycles. The third-order valence-corrected chi connectivity index (χ3v) is 4.34. The van der Waals surface area contributed by atoms with E-state index in [9.17, 15) is 4.79 Å². The summed E-state index contributed by atoms with van der Waals surface area (Å²) in [6.07, 6.45) is 5.16. The van der Waals surface area contributed by atoms with Crippen molar-refractivity contribution < 1.29 is 13.7 Å². The number of hydrogen-bond donors (Lipinski definition) is 0. The maximum atomic E-state index is 12.3. The summed E-state index contributed by atoms with van der Waals surface area (Å²) in [4.78, 5) is 14.2. The van der Waals surface area contributed by atoms with E-state index < -0.39 is 5.60 Å². The Labute approximate surface area is 134 Å². The van der Waals surface area contributed by atoms with Gasteiger partial charge in [-0.25, -0.2) is 4.79 Å². The second-order valence-electron chi connectivity index (χ2n) is 7.62. The van der Waals surface area contributed by atoms with Gasteiger partial charge in [-0.15, -0.1) is 0 Å². The molecule has 2 unspecified atom stereocenters. The van der Waals surface area contributed by atoms with Crippen molar-refractivity contribution in [2.24, 2.45) is 5.92 Å². The van der Waals surface area contributed by atoms with E-state index in [2.05, 4.69) is 20.8 Å². The van der Waals surface area contributed by atoms with E-state index in [-0.39, 0.29) is 17.7 Å². The zero-order valence-corrected chi connectivity index (χ0v) is 15.4. The Hall–Kier alpha value is -0.420. The SMILES string of the molecule is CSOC(C)CCC1CN(C(=O)OC(C)(C)C)C(C)(C)C1. The molecule has 2 atom stereocenters. The highest BCUT2D eigenvalue weighted by molar-refractivity contribution is 7.93. The van der Waals surface area contributed by atoms with Crippen molar-refractivity contribution in [1.82, 2.24) is 4.90 Å². The number of hydrogen-bond acceptors (Lipinski definition) is 4. The van der Waals surface area contributed by atoms with E-state index in [1.54, 1.807) is 0 Å². The molecule has 0 N–H and O–H groups in total. The van der Waals surface area contributed by atoms with Gasteiger partial charge in [0.25, 0.3) is 0 Å². The second-order valence-corrected chi connectivity index (χ2v) is 8.15. The van der Waals surface area contributed by atoms with Crippen molar-refractivity contribution in [3.05, 3.63) is 0 Å². The van der Waals surface area contributed by atoms with Crippen LogP contribution in [-0.2, 0) is 8.92 Å². The first-order chi connectivity index (χ1) is 9.55. The number of rotatable bonds is 5. The molecule has 1 rings (SSSR count). The number of carbonyl (C=O) groups is 1. The molecule has 21 heavy (non-hydrogen) atoms. The first-order valence-corrected chi connectivity index (χ1v) is 8.90. The zero-order chi connectivity index (χ0) is 16.3. The maximum absolute atomic E-state index is 12.3. The summed E-state index contributed by atoms with van der Waals surface area (Å²) < 4.78 is 11.0. The quantitative estimate of drug-likeness (QED) is 0.701. The third-order valence-electron chi connectivity index (χ3n) is 3.82. The minimum Gasteiger partial charge on any atom is -0.444 e. The molecule has 0 aliphatic carbocycles. The average Bonchev–Trinajstić information content (AvgIpc) is 2.60. The summed E-state index contributed by atoms with van der Waals surface area (Å²) in [6.45, 7) is 12.9. The van der Waals surface area contributed by atoms with Crippen LogP contribution in [0.4, 0.5) is 4.79 Å². The molecular formula is C16H31NO3S. The molecule has 0 aromatic carbocycles. The lowest BCUT2D eigenvalue weighted by Crippen LogP contribution is -2.45. The number of amides is 1. The number of likely N-dealkylation sites (tertiary alicyclic amines) is 1. The highest BCUT2D eigenvalue weighted by atomic mass is 32.2. The fraction of sp³-hybridized carbons (Fsp3) is 0.938. The lowest BCUT2D eigenvalue weighted by atomic mass is 9.93. The van der Waals surface area contributed by atoms with E-state index in [0.29, 0.717) is 5.92 Å². The van der Waals surface area contributed by atoms with E-state index in [1.165, 1.54) is 12.0 Å². The lowest BCUT2D eigenvalue weighted by molar-refractivity contribution is 0.0130. The number of ether oxygens (including phenoxy) is 1. The molecule has 1 aliphatic rings. The van der Waals surface area contributed by atoms with Crippen LogP contribution in [-0.4, -0.2) is 41.0 Å². The van der Waals surface area contributed by atoms with E-state index in [0.717, 1.165) is 25.8 Å². The monoisotopic (exact) mass is 317 g/mol. The average molecular weight is 317 g/mol. The van der Waals surface area contributed by atoms with Crippen molar-refractivity contribution in [1.29, 1.82) is 0 Å². The fourth-order valence-corrected chi connectivity index (χ4v) is 3.33. The molecule has 1 amide bonds. The first-order valence-electron chi connectivity index (χ1n) is 7.75. The van der Waals surface area contributed by atoms with Gasteiger partial charge in [-0.05, 0) is 78.8 Å². The zero-order valence-electron chi connectivity index (χ0n) is 14.6. The largest absolute Gasteiger partial charge is 0.444 e. The van der Waals surface area contributed by atoms with Crippen LogP contribution in [0.25, 0.3) is 0 Å². The Morgan fingerprint density at radius 1 is 1.43 bits per heavy atom. The highest BCUT2D eigenvalue weighted by Crippen LogP contribution is 2.36. The minimum atomic E-state index is -0.439. The van der Waals surface area contributed by atoms with Crippen LogP contribution in [0.15, 0.2) is 0 Å². The van der Waals surface area contributed by atoms with Crippen molar-refractivity contribution in [3.8, 4) is 0 Å². The molecule has 1 saturated heterocycles. The van der Waals surface area contributed by atoms with Crippen LogP contribution in [0.2, 0.25) is 0 Å². The molecule has 0 radical (unpaired) electrons. The van der Waals surface area contributed by atoms with E-state index in [1.807, 2.05) is 31.9 Å². The van der Waals surface area contributed by atoms with Crippen molar-refractivity contribution >= 4 is 18.1 Å². The van der Waals surface area contributed by atoms with Crippen molar-refractivity contribution in [3.63, 3.8) is 0 Å². The van der Waals surface area contributed by atoms with Crippen LogP contribution in [0.3, 0.4) is 0 Å². The van der Waals surface area contributed by atoms with Crippen LogP contribution in [0.1, 0.15) is 60.8 Å². The van der Waals surface area contributed by atoms with Gasteiger partial charge in [0.05, 0.1) is 6.10 Å². The molecule has 0 bridgehead atoms. The van der Waals surface area contributed by atoms with Crippen LogP contribution in [0, 0.1) is 5.92 Å². The fourth-order valence-electron chi connectivity index (χ4n) is 2.90. The van der Waals surface area contributed by atoms with E-state index in [4.69, 9.17) is 8.92 Å². The standard InChI is InChI=1S/C16H31NO3S/c1-12(20-21-7)8-9-13-10-16(5,6)17(11-13)14(18)19-15(2,3)4/h12-13H,8-11H2,1-7H3. The van der Waals surface area contributed by atoms with Crippen molar-refractivity contribution in [2.75, 3.05) is 12.8 Å². The Morgan fingerprint density at radius 2 is 2.05 bits per heavy atom. The molecule has 1 aliphatic heterocycles. The van der Waals surface area contributed by atoms with Gasteiger partial charge < -0.3 is 13.8 Å². The predicted octanol–water partition coefficient (Wildman–Crippen LogP) is 4.49. The molecule has 0 aromatic heterocycles. The first kappa shape index (κ1) is 18.6. The summed E-state index contributed by atoms with van der Waals surface area (Å²) in [6, 6.07) is 0. The maximum Gasteiger partial charge on any atom is 0.410 e. The molecule has 0 aromatic rings. The van der Waals surface area contributed by atoms with Gasteiger partial charge in [-0.2, -0.15) is 0 Å². The molecule has 5 heteroatoms. The molecular weight excluding hydrogens is 286 g/mol. The van der Waals surface area contributed by atoms with Crippen molar-refractivity contribution in [2.45, 2.75) is 78.0 Å². The summed E-state index contributed by atoms with van der Waals surface area (Å²) >= 11 is 1.42. The Morgan fingerprint density at radius 3 is 2.57 bits per heavy atom. The number of nitrogens with zero attached hydrogens (tertiary/aromatic N) is 1. The van der Waals surface area contributed by atoms with Gasteiger partial charge in [-0.1, -0.05) is 0 Å². The van der Waals surface area contributed by atoms with E-state index >= 15 is 0 Å². The molecule has 0 spiro atoms. The Bertz CT molecular complexity index is 352. The Kier molecular flexibility index (Phi) is 6.41. The van der Waals surface area contributed by atoms with Crippen LogP contribution >= 0.6 is 12.0 Å². The Balaban J connectivity index is 2.54. The third kappa shape index (κ3) is 6.07. The van der Waals surface area contributed by atoms with Gasteiger partial charge >= 0.3 is 6.09 Å². The molecule has 1 fully saturated rings. The van der Waals surface area contributed by atoms with Gasteiger partial charge in [0.2, 0.25) is 0 Å².